The van der Waals surface area contributed by atoms with Crippen LogP contribution in [0.4, 0.5) is 0 Å². The lowest BCUT2D eigenvalue weighted by Crippen LogP contribution is -2.22. The van der Waals surface area contributed by atoms with Crippen molar-refractivity contribution < 1.29 is 9.53 Å². The van der Waals surface area contributed by atoms with Gasteiger partial charge in [0.25, 0.3) is 5.91 Å². The fraction of sp³-hybridized carbons (Fsp3) is 0.304. The maximum Gasteiger partial charge on any atom is 0.251 e. The summed E-state index contributed by atoms with van der Waals surface area (Å²) in [6, 6.07) is 15.7. The molecule has 1 atom stereocenters. The van der Waals surface area contributed by atoms with Crippen LogP contribution in [0.3, 0.4) is 0 Å². The maximum atomic E-state index is 12.6. The first-order chi connectivity index (χ1) is 14.2. The van der Waals surface area contributed by atoms with E-state index in [-0.39, 0.29) is 18.3 Å². The first kappa shape index (κ1) is 21.9. The fourth-order valence-electron chi connectivity index (χ4n) is 3.74. The molecule has 0 saturated carbocycles. The number of aromatic amines is 1. The van der Waals surface area contributed by atoms with E-state index in [2.05, 4.69) is 33.0 Å². The third-order valence-electron chi connectivity index (χ3n) is 5.44. The number of amides is 1. The minimum atomic E-state index is -0.0824. The molecule has 1 saturated heterocycles. The second-order valence-electron chi connectivity index (χ2n) is 7.44. The van der Waals surface area contributed by atoms with Gasteiger partial charge < -0.3 is 15.4 Å². The van der Waals surface area contributed by atoms with Crippen molar-refractivity contribution in [2.24, 2.45) is 5.92 Å². The summed E-state index contributed by atoms with van der Waals surface area (Å²) in [6.45, 7) is 2.60. The van der Waals surface area contributed by atoms with Crippen LogP contribution in [0.5, 0.6) is 5.75 Å². The molecule has 4 rings (SSSR count). The Balaban J connectivity index is 0.00000256. The van der Waals surface area contributed by atoms with Crippen LogP contribution < -0.4 is 15.4 Å². The van der Waals surface area contributed by atoms with Gasteiger partial charge in [-0.05, 0) is 73.8 Å². The Morgan fingerprint density at radius 3 is 2.60 bits per heavy atom. The van der Waals surface area contributed by atoms with Gasteiger partial charge in [-0.15, -0.1) is 12.4 Å². The van der Waals surface area contributed by atoms with E-state index in [9.17, 15) is 4.79 Å². The Kier molecular flexibility index (Phi) is 7.49. The summed E-state index contributed by atoms with van der Waals surface area (Å²) in [4.78, 5) is 12.6. The summed E-state index contributed by atoms with van der Waals surface area (Å²) in [6.07, 6.45) is 4.04. The number of methoxy groups -OCH3 is 1. The lowest BCUT2D eigenvalue weighted by atomic mass is 9.98. The number of hydrogen-bond acceptors (Lipinski definition) is 4. The molecule has 1 aliphatic rings. The number of rotatable bonds is 7. The third kappa shape index (κ3) is 5.20. The summed E-state index contributed by atoms with van der Waals surface area (Å²) in [5.41, 5.74) is 4.79. The van der Waals surface area contributed by atoms with E-state index in [1.165, 1.54) is 12.0 Å². The molecular formula is C23H27ClN4O2. The van der Waals surface area contributed by atoms with E-state index >= 15 is 0 Å². The van der Waals surface area contributed by atoms with Gasteiger partial charge >= 0.3 is 0 Å². The molecule has 30 heavy (non-hydrogen) atoms. The minimum Gasteiger partial charge on any atom is -0.497 e. The highest BCUT2D eigenvalue weighted by molar-refractivity contribution is 5.94. The molecule has 7 heteroatoms. The van der Waals surface area contributed by atoms with E-state index < -0.39 is 0 Å². The van der Waals surface area contributed by atoms with Crippen molar-refractivity contribution in [3.05, 3.63) is 71.4 Å². The summed E-state index contributed by atoms with van der Waals surface area (Å²) < 4.78 is 5.20. The number of benzene rings is 2. The number of ether oxygens (including phenoxy) is 1. The number of nitrogens with zero attached hydrogens (tertiary/aromatic N) is 1. The molecule has 2 aromatic carbocycles. The zero-order valence-corrected chi connectivity index (χ0v) is 17.8. The average molecular weight is 427 g/mol. The van der Waals surface area contributed by atoms with Crippen molar-refractivity contribution in [2.75, 3.05) is 20.2 Å². The van der Waals surface area contributed by atoms with Crippen LogP contribution in [0.25, 0.3) is 11.3 Å². The topological polar surface area (TPSA) is 79.0 Å². The van der Waals surface area contributed by atoms with E-state index in [0.717, 1.165) is 42.1 Å². The highest BCUT2D eigenvalue weighted by Gasteiger charge is 2.15. The van der Waals surface area contributed by atoms with Crippen molar-refractivity contribution in [1.82, 2.24) is 20.8 Å². The van der Waals surface area contributed by atoms with E-state index in [0.29, 0.717) is 18.0 Å². The van der Waals surface area contributed by atoms with Crippen molar-refractivity contribution >= 4 is 18.3 Å². The summed E-state index contributed by atoms with van der Waals surface area (Å²) in [5, 5.41) is 13.5. The lowest BCUT2D eigenvalue weighted by Gasteiger charge is -2.10. The average Bonchev–Trinajstić information content (AvgIpc) is 3.44. The number of carbonyl (C=O) groups excluding carboxylic acids is 1. The van der Waals surface area contributed by atoms with Gasteiger partial charge in [-0.1, -0.05) is 12.1 Å². The summed E-state index contributed by atoms with van der Waals surface area (Å²) in [7, 11) is 1.64. The van der Waals surface area contributed by atoms with E-state index in [1.54, 1.807) is 13.3 Å². The molecule has 0 aliphatic carbocycles. The molecule has 1 fully saturated rings. The Bertz CT molecular complexity index is 948. The normalized spacial score (nSPS) is 15.4. The van der Waals surface area contributed by atoms with Gasteiger partial charge in [-0.3, -0.25) is 9.89 Å². The second kappa shape index (κ2) is 10.3. The Labute approximate surface area is 182 Å². The zero-order valence-electron chi connectivity index (χ0n) is 17.0. The van der Waals surface area contributed by atoms with Gasteiger partial charge in [-0.2, -0.15) is 5.10 Å². The number of halogens is 1. The van der Waals surface area contributed by atoms with Crippen LogP contribution in [-0.2, 0) is 13.0 Å². The molecule has 3 N–H and O–H groups in total. The molecule has 3 aromatic rings. The van der Waals surface area contributed by atoms with E-state index in [4.69, 9.17) is 4.74 Å². The number of carbonyl (C=O) groups is 1. The zero-order chi connectivity index (χ0) is 20.1. The van der Waals surface area contributed by atoms with Crippen molar-refractivity contribution in [3.63, 3.8) is 0 Å². The second-order valence-corrected chi connectivity index (χ2v) is 7.44. The highest BCUT2D eigenvalue weighted by atomic mass is 35.5. The lowest BCUT2D eigenvalue weighted by molar-refractivity contribution is 0.0951. The third-order valence-corrected chi connectivity index (χ3v) is 5.44. The van der Waals surface area contributed by atoms with Gasteiger partial charge in [0.2, 0.25) is 0 Å². The van der Waals surface area contributed by atoms with Crippen LogP contribution in [0.2, 0.25) is 0 Å². The van der Waals surface area contributed by atoms with Crippen molar-refractivity contribution in [2.45, 2.75) is 19.4 Å². The van der Waals surface area contributed by atoms with E-state index in [1.807, 2.05) is 36.4 Å². The Hall–Kier alpha value is -2.83. The number of H-pyrrole nitrogens is 1. The molecule has 1 aliphatic heterocycles. The maximum absolute atomic E-state index is 12.6. The van der Waals surface area contributed by atoms with Gasteiger partial charge in [0.05, 0.1) is 19.0 Å². The monoisotopic (exact) mass is 426 g/mol. The smallest absolute Gasteiger partial charge is 0.251 e. The Morgan fingerprint density at radius 2 is 1.93 bits per heavy atom. The largest absolute Gasteiger partial charge is 0.497 e. The van der Waals surface area contributed by atoms with Crippen molar-refractivity contribution in [3.8, 4) is 17.0 Å². The standard InChI is InChI=1S/C23H26N4O2.ClH/c1-29-21-8-6-18(7-9-21)22-20(15-26-27-22)14-25-23(28)19-4-2-16(3-5-19)12-17-10-11-24-13-17;/h2-9,15,17,24H,10-14H2,1H3,(H,25,28)(H,26,27);1H. The summed E-state index contributed by atoms with van der Waals surface area (Å²) >= 11 is 0. The van der Waals surface area contributed by atoms with Crippen LogP contribution >= 0.6 is 12.4 Å². The Morgan fingerprint density at radius 1 is 1.17 bits per heavy atom. The predicted octanol–water partition coefficient (Wildman–Crippen LogP) is 3.59. The molecule has 1 unspecified atom stereocenters. The van der Waals surface area contributed by atoms with Gasteiger partial charge in [0, 0.05) is 23.2 Å². The van der Waals surface area contributed by atoms with Gasteiger partial charge in [0.15, 0.2) is 0 Å². The van der Waals surface area contributed by atoms with Gasteiger partial charge in [0.1, 0.15) is 5.75 Å². The first-order valence-corrected chi connectivity index (χ1v) is 9.97. The van der Waals surface area contributed by atoms with Crippen LogP contribution in [0.15, 0.2) is 54.7 Å². The molecule has 1 amide bonds. The molecular weight excluding hydrogens is 400 g/mol. The fourth-order valence-corrected chi connectivity index (χ4v) is 3.74. The molecule has 2 heterocycles. The molecule has 0 radical (unpaired) electrons. The molecule has 1 aromatic heterocycles. The molecule has 6 nitrogen and oxygen atoms in total. The molecule has 0 bridgehead atoms. The summed E-state index contributed by atoms with van der Waals surface area (Å²) in [5.74, 6) is 1.42. The minimum absolute atomic E-state index is 0. The van der Waals surface area contributed by atoms with Crippen LogP contribution in [-0.4, -0.2) is 36.3 Å². The van der Waals surface area contributed by atoms with Crippen LogP contribution in [0, 0.1) is 5.92 Å². The number of aromatic nitrogens is 2. The SMILES string of the molecule is COc1ccc(-c2[nH]ncc2CNC(=O)c2ccc(CC3CCNC3)cc2)cc1.Cl. The number of hydrogen-bond donors (Lipinski definition) is 3. The predicted molar refractivity (Wildman–Crippen MR) is 120 cm³/mol. The highest BCUT2D eigenvalue weighted by Crippen LogP contribution is 2.23. The van der Waals surface area contributed by atoms with Crippen LogP contribution in [0.1, 0.15) is 27.9 Å². The first-order valence-electron chi connectivity index (χ1n) is 9.97. The van der Waals surface area contributed by atoms with Gasteiger partial charge in [-0.25, -0.2) is 0 Å². The quantitative estimate of drug-likeness (QED) is 0.539. The molecule has 0 spiro atoms. The van der Waals surface area contributed by atoms with Crippen molar-refractivity contribution in [1.29, 1.82) is 0 Å². The molecule has 158 valence electrons. The number of nitrogens with one attached hydrogen (secondary N) is 3.